The van der Waals surface area contributed by atoms with Gasteiger partial charge in [0, 0.05) is 5.92 Å². The summed E-state index contributed by atoms with van der Waals surface area (Å²) in [4.78, 5) is 0. The van der Waals surface area contributed by atoms with Crippen LogP contribution in [0.15, 0.2) is 12.2 Å². The molecule has 1 heteroatoms. The lowest BCUT2D eigenvalue weighted by Crippen LogP contribution is -2.18. The monoisotopic (exact) mass is 182 g/mol. The Hall–Kier alpha value is -0.300. The highest BCUT2D eigenvalue weighted by atomic mass is 16.3. The zero-order valence-corrected chi connectivity index (χ0v) is 9.25. The molecule has 76 valence electrons. The van der Waals surface area contributed by atoms with Gasteiger partial charge < -0.3 is 5.11 Å². The van der Waals surface area contributed by atoms with Crippen LogP contribution in [0.1, 0.15) is 40.5 Å². The smallest absolute Gasteiger partial charge is 0.0605 e. The average Bonchev–Trinajstić information content (AvgIpc) is 2.32. The number of allylic oxidation sites excluding steroid dienone is 1. The van der Waals surface area contributed by atoms with E-state index < -0.39 is 0 Å². The van der Waals surface area contributed by atoms with Gasteiger partial charge in [-0.1, -0.05) is 32.9 Å². The second-order valence-electron chi connectivity index (χ2n) is 5.29. The van der Waals surface area contributed by atoms with Crippen molar-refractivity contribution in [1.29, 1.82) is 0 Å². The van der Waals surface area contributed by atoms with E-state index in [2.05, 4.69) is 32.9 Å². The molecule has 1 fully saturated rings. The maximum absolute atomic E-state index is 9.80. The molecule has 0 amide bonds. The summed E-state index contributed by atoms with van der Waals surface area (Å²) in [6, 6.07) is 0. The molecule has 1 saturated carbocycles. The first-order chi connectivity index (χ1) is 5.95. The van der Waals surface area contributed by atoms with Crippen molar-refractivity contribution in [3.05, 3.63) is 12.2 Å². The summed E-state index contributed by atoms with van der Waals surface area (Å²) in [5.74, 6) is 1.07. The molecule has 1 aliphatic rings. The van der Waals surface area contributed by atoms with Gasteiger partial charge in [-0.05, 0) is 31.1 Å². The van der Waals surface area contributed by atoms with Gasteiger partial charge in [0.1, 0.15) is 0 Å². The third kappa shape index (κ3) is 2.57. The van der Waals surface area contributed by atoms with Crippen LogP contribution in [0.25, 0.3) is 0 Å². The van der Waals surface area contributed by atoms with E-state index >= 15 is 0 Å². The van der Waals surface area contributed by atoms with Gasteiger partial charge in [-0.2, -0.15) is 0 Å². The largest absolute Gasteiger partial charge is 0.393 e. The van der Waals surface area contributed by atoms with Gasteiger partial charge in [-0.25, -0.2) is 0 Å². The van der Waals surface area contributed by atoms with E-state index in [1.54, 1.807) is 0 Å². The second-order valence-corrected chi connectivity index (χ2v) is 5.29. The summed E-state index contributed by atoms with van der Waals surface area (Å²) in [6.07, 6.45) is 6.21. The topological polar surface area (TPSA) is 20.2 Å². The van der Waals surface area contributed by atoms with Crippen molar-refractivity contribution in [3.63, 3.8) is 0 Å². The van der Waals surface area contributed by atoms with E-state index in [1.165, 1.54) is 0 Å². The molecule has 0 radical (unpaired) electrons. The summed E-state index contributed by atoms with van der Waals surface area (Å²) in [7, 11) is 0. The fraction of sp³-hybridized carbons (Fsp3) is 0.833. The third-order valence-corrected chi connectivity index (χ3v) is 3.24. The minimum atomic E-state index is -0.111. The molecular formula is C12H22O. The van der Waals surface area contributed by atoms with Crippen molar-refractivity contribution < 1.29 is 5.11 Å². The molecule has 0 aromatic heterocycles. The normalized spacial score (nSPS) is 35.9. The Morgan fingerprint density at radius 3 is 2.23 bits per heavy atom. The summed E-state index contributed by atoms with van der Waals surface area (Å²) in [5.41, 5.74) is 0.345. The quantitative estimate of drug-likeness (QED) is 0.618. The second kappa shape index (κ2) is 3.83. The van der Waals surface area contributed by atoms with Crippen LogP contribution in [0.2, 0.25) is 0 Å². The highest BCUT2D eigenvalue weighted by molar-refractivity contribution is 4.98. The number of rotatable bonds is 1. The standard InChI is InChI=1S/C12H22O/c1-5-6-9-7-10(8-11(9)13)12(2,3)4/h5-6,9-11,13H,7-8H2,1-4H3/b6-5+/t9-,10-,11+/m0/s1. The van der Waals surface area contributed by atoms with Crippen LogP contribution in [-0.4, -0.2) is 11.2 Å². The fourth-order valence-electron chi connectivity index (χ4n) is 2.21. The minimum absolute atomic E-state index is 0.111. The van der Waals surface area contributed by atoms with Crippen LogP contribution in [0.3, 0.4) is 0 Å². The van der Waals surface area contributed by atoms with E-state index in [4.69, 9.17) is 0 Å². The Labute approximate surface area is 81.9 Å². The van der Waals surface area contributed by atoms with Crippen LogP contribution in [-0.2, 0) is 0 Å². The predicted molar refractivity (Wildman–Crippen MR) is 56.5 cm³/mol. The summed E-state index contributed by atoms with van der Waals surface area (Å²) in [5, 5.41) is 9.80. The van der Waals surface area contributed by atoms with Gasteiger partial charge in [0.05, 0.1) is 6.10 Å². The number of aliphatic hydroxyl groups excluding tert-OH is 1. The lowest BCUT2D eigenvalue weighted by atomic mass is 9.79. The lowest BCUT2D eigenvalue weighted by molar-refractivity contribution is 0.140. The molecule has 13 heavy (non-hydrogen) atoms. The third-order valence-electron chi connectivity index (χ3n) is 3.24. The first-order valence-corrected chi connectivity index (χ1v) is 5.26. The van der Waals surface area contributed by atoms with Gasteiger partial charge in [-0.15, -0.1) is 0 Å². The maximum atomic E-state index is 9.80. The van der Waals surface area contributed by atoms with Crippen LogP contribution >= 0.6 is 0 Å². The Bertz CT molecular complexity index is 188. The number of hydrogen-bond donors (Lipinski definition) is 1. The Morgan fingerprint density at radius 2 is 1.85 bits per heavy atom. The van der Waals surface area contributed by atoms with Gasteiger partial charge in [0.2, 0.25) is 0 Å². The Balaban J connectivity index is 2.60. The van der Waals surface area contributed by atoms with Crippen molar-refractivity contribution in [3.8, 4) is 0 Å². The van der Waals surface area contributed by atoms with Crippen molar-refractivity contribution in [2.75, 3.05) is 0 Å². The lowest BCUT2D eigenvalue weighted by Gasteiger charge is -2.26. The molecule has 3 atom stereocenters. The van der Waals surface area contributed by atoms with E-state index in [9.17, 15) is 5.11 Å². The number of hydrogen-bond acceptors (Lipinski definition) is 1. The van der Waals surface area contributed by atoms with Gasteiger partial charge in [0.15, 0.2) is 0 Å². The predicted octanol–water partition coefficient (Wildman–Crippen LogP) is 3.00. The van der Waals surface area contributed by atoms with E-state index in [-0.39, 0.29) is 6.10 Å². The fourth-order valence-corrected chi connectivity index (χ4v) is 2.21. The molecule has 0 spiro atoms. The van der Waals surface area contributed by atoms with Crippen LogP contribution in [0, 0.1) is 17.3 Å². The molecule has 0 bridgehead atoms. The zero-order chi connectivity index (χ0) is 10.1. The molecule has 0 aromatic rings. The molecule has 0 aliphatic heterocycles. The Kier molecular flexibility index (Phi) is 3.18. The summed E-state index contributed by atoms with van der Waals surface area (Å²) >= 11 is 0. The highest BCUT2D eigenvalue weighted by Gasteiger charge is 2.37. The molecular weight excluding hydrogens is 160 g/mol. The van der Waals surface area contributed by atoms with Crippen molar-refractivity contribution in [2.24, 2.45) is 17.3 Å². The Morgan fingerprint density at radius 1 is 1.23 bits per heavy atom. The van der Waals surface area contributed by atoms with E-state index in [0.717, 1.165) is 12.8 Å². The van der Waals surface area contributed by atoms with Crippen LogP contribution < -0.4 is 0 Å². The SMILES string of the molecule is C/C=C/[C@H]1C[C@H](C(C)(C)C)C[C@H]1O. The van der Waals surface area contributed by atoms with Crippen LogP contribution in [0.5, 0.6) is 0 Å². The van der Waals surface area contributed by atoms with E-state index in [1.807, 2.05) is 6.92 Å². The van der Waals surface area contributed by atoms with E-state index in [0.29, 0.717) is 17.3 Å². The van der Waals surface area contributed by atoms with Gasteiger partial charge >= 0.3 is 0 Å². The number of aliphatic hydroxyl groups is 1. The molecule has 0 aromatic carbocycles. The minimum Gasteiger partial charge on any atom is -0.393 e. The average molecular weight is 182 g/mol. The summed E-state index contributed by atoms with van der Waals surface area (Å²) < 4.78 is 0. The zero-order valence-electron chi connectivity index (χ0n) is 9.25. The first kappa shape index (κ1) is 10.8. The van der Waals surface area contributed by atoms with Crippen molar-refractivity contribution in [1.82, 2.24) is 0 Å². The molecule has 1 N–H and O–H groups in total. The van der Waals surface area contributed by atoms with Crippen molar-refractivity contribution >= 4 is 0 Å². The van der Waals surface area contributed by atoms with Crippen LogP contribution in [0.4, 0.5) is 0 Å². The molecule has 1 rings (SSSR count). The maximum Gasteiger partial charge on any atom is 0.0605 e. The highest BCUT2D eigenvalue weighted by Crippen LogP contribution is 2.42. The van der Waals surface area contributed by atoms with Crippen molar-refractivity contribution in [2.45, 2.75) is 46.6 Å². The van der Waals surface area contributed by atoms with Gasteiger partial charge in [0.25, 0.3) is 0 Å². The summed E-state index contributed by atoms with van der Waals surface area (Å²) in [6.45, 7) is 8.82. The molecule has 1 aliphatic carbocycles. The first-order valence-electron chi connectivity index (χ1n) is 5.26. The molecule has 0 saturated heterocycles. The molecule has 0 heterocycles. The molecule has 1 nitrogen and oxygen atoms in total. The van der Waals surface area contributed by atoms with Gasteiger partial charge in [-0.3, -0.25) is 0 Å². The molecule has 0 unspecified atom stereocenters.